The number of esters is 1. The molecule has 0 aliphatic heterocycles. The van der Waals surface area contributed by atoms with E-state index >= 15 is 0 Å². The zero-order chi connectivity index (χ0) is 13.1. The van der Waals surface area contributed by atoms with Gasteiger partial charge in [0.15, 0.2) is 0 Å². The largest absolute Gasteiger partial charge is 0.469 e. The minimum atomic E-state index is -0.306. The normalized spacial score (nSPS) is 11.9. The molecule has 0 aliphatic rings. The summed E-state index contributed by atoms with van der Waals surface area (Å²) < 4.78 is 4.48. The van der Waals surface area contributed by atoms with Crippen molar-refractivity contribution in [1.29, 1.82) is 0 Å². The van der Waals surface area contributed by atoms with Crippen LogP contribution in [0.4, 0.5) is 0 Å². The predicted octanol–water partition coefficient (Wildman–Crippen LogP) is 0.821. The van der Waals surface area contributed by atoms with Crippen molar-refractivity contribution in [2.75, 3.05) is 20.2 Å². The topological polar surface area (TPSA) is 81.4 Å². The summed E-state index contributed by atoms with van der Waals surface area (Å²) in [4.78, 5) is 22.2. The number of methoxy groups -OCH3 is 1. The fourth-order valence-corrected chi connectivity index (χ4v) is 1.62. The average molecular weight is 244 g/mol. The summed E-state index contributed by atoms with van der Waals surface area (Å²) >= 11 is 0. The van der Waals surface area contributed by atoms with Gasteiger partial charge in [0.1, 0.15) is 0 Å². The Morgan fingerprint density at radius 2 is 2.00 bits per heavy atom. The molecule has 100 valence electrons. The van der Waals surface area contributed by atoms with Gasteiger partial charge in [-0.25, -0.2) is 0 Å². The molecular formula is C12H24N2O3. The molecule has 0 bridgehead atoms. The van der Waals surface area contributed by atoms with Crippen LogP contribution in [0, 0.1) is 5.92 Å². The van der Waals surface area contributed by atoms with Crippen molar-refractivity contribution in [2.24, 2.45) is 11.7 Å². The van der Waals surface area contributed by atoms with Gasteiger partial charge in [-0.2, -0.15) is 0 Å². The van der Waals surface area contributed by atoms with Crippen molar-refractivity contribution in [1.82, 2.24) is 5.32 Å². The first-order chi connectivity index (χ1) is 8.13. The minimum Gasteiger partial charge on any atom is -0.469 e. The molecule has 5 nitrogen and oxygen atoms in total. The van der Waals surface area contributed by atoms with E-state index in [1.54, 1.807) is 0 Å². The number of ether oxygens (including phenoxy) is 1. The van der Waals surface area contributed by atoms with Crippen LogP contribution in [0.2, 0.25) is 0 Å². The van der Waals surface area contributed by atoms with E-state index in [0.717, 1.165) is 19.3 Å². The molecule has 0 rings (SSSR count). The second-order valence-electron chi connectivity index (χ2n) is 4.07. The Morgan fingerprint density at radius 1 is 1.29 bits per heavy atom. The Hall–Kier alpha value is -1.10. The van der Waals surface area contributed by atoms with E-state index in [1.807, 2.05) is 0 Å². The van der Waals surface area contributed by atoms with Gasteiger partial charge in [0, 0.05) is 13.0 Å². The number of carbonyl (C=O) groups excluding carboxylic acids is 2. The molecule has 1 atom stereocenters. The second kappa shape index (κ2) is 10.1. The van der Waals surface area contributed by atoms with Crippen LogP contribution in [-0.2, 0) is 14.3 Å². The third kappa shape index (κ3) is 8.68. The van der Waals surface area contributed by atoms with Crippen molar-refractivity contribution < 1.29 is 14.3 Å². The first-order valence-corrected chi connectivity index (χ1v) is 6.17. The van der Waals surface area contributed by atoms with Gasteiger partial charge in [0.05, 0.1) is 13.5 Å². The molecular weight excluding hydrogens is 220 g/mol. The van der Waals surface area contributed by atoms with E-state index in [1.165, 1.54) is 7.11 Å². The SMILES string of the molecule is CCC(CCN)CCC(=O)NCCC(=O)OC. The lowest BCUT2D eigenvalue weighted by Crippen LogP contribution is -2.26. The summed E-state index contributed by atoms with van der Waals surface area (Å²) in [7, 11) is 1.34. The number of nitrogens with one attached hydrogen (secondary N) is 1. The van der Waals surface area contributed by atoms with E-state index in [2.05, 4.69) is 17.0 Å². The number of amides is 1. The molecule has 0 radical (unpaired) electrons. The van der Waals surface area contributed by atoms with Gasteiger partial charge < -0.3 is 15.8 Å². The number of nitrogens with two attached hydrogens (primary N) is 1. The van der Waals surface area contributed by atoms with Crippen LogP contribution in [0.1, 0.15) is 39.0 Å². The number of rotatable bonds is 9. The van der Waals surface area contributed by atoms with Crippen LogP contribution in [0.3, 0.4) is 0 Å². The highest BCUT2D eigenvalue weighted by Crippen LogP contribution is 2.14. The maximum Gasteiger partial charge on any atom is 0.307 e. The fourth-order valence-electron chi connectivity index (χ4n) is 1.62. The van der Waals surface area contributed by atoms with Gasteiger partial charge in [0.2, 0.25) is 5.91 Å². The maximum atomic E-state index is 11.4. The van der Waals surface area contributed by atoms with Crippen LogP contribution >= 0.6 is 0 Å². The van der Waals surface area contributed by atoms with Gasteiger partial charge in [-0.3, -0.25) is 9.59 Å². The molecule has 1 unspecified atom stereocenters. The fraction of sp³-hybridized carbons (Fsp3) is 0.833. The van der Waals surface area contributed by atoms with Gasteiger partial charge in [-0.15, -0.1) is 0 Å². The lowest BCUT2D eigenvalue weighted by molar-refractivity contribution is -0.140. The van der Waals surface area contributed by atoms with Crippen LogP contribution in [0.25, 0.3) is 0 Å². The lowest BCUT2D eigenvalue weighted by Gasteiger charge is -2.12. The Balaban J connectivity index is 3.61. The van der Waals surface area contributed by atoms with Crippen molar-refractivity contribution in [3.05, 3.63) is 0 Å². The minimum absolute atomic E-state index is 0.00984. The molecule has 0 aromatic carbocycles. The van der Waals surface area contributed by atoms with Gasteiger partial charge in [0.25, 0.3) is 0 Å². The van der Waals surface area contributed by atoms with E-state index in [9.17, 15) is 9.59 Å². The Bertz CT molecular complexity index is 232. The predicted molar refractivity (Wildman–Crippen MR) is 66.3 cm³/mol. The quantitative estimate of drug-likeness (QED) is 0.588. The second-order valence-corrected chi connectivity index (χ2v) is 4.07. The lowest BCUT2D eigenvalue weighted by atomic mass is 9.96. The highest BCUT2D eigenvalue weighted by molar-refractivity contribution is 5.76. The first-order valence-electron chi connectivity index (χ1n) is 6.17. The number of carbonyl (C=O) groups is 2. The van der Waals surface area contributed by atoms with Crippen molar-refractivity contribution in [2.45, 2.75) is 39.0 Å². The highest BCUT2D eigenvalue weighted by Gasteiger charge is 2.09. The van der Waals surface area contributed by atoms with E-state index < -0.39 is 0 Å². The summed E-state index contributed by atoms with van der Waals surface area (Å²) in [5, 5.41) is 2.70. The summed E-state index contributed by atoms with van der Waals surface area (Å²) in [5.41, 5.74) is 5.49. The Morgan fingerprint density at radius 3 is 2.53 bits per heavy atom. The zero-order valence-corrected chi connectivity index (χ0v) is 10.8. The van der Waals surface area contributed by atoms with Crippen molar-refractivity contribution in [3.8, 4) is 0 Å². The summed E-state index contributed by atoms with van der Waals surface area (Å²) in [6.07, 6.45) is 3.60. The zero-order valence-electron chi connectivity index (χ0n) is 10.8. The summed E-state index contributed by atoms with van der Waals surface area (Å²) in [6, 6.07) is 0. The molecule has 0 aromatic rings. The van der Waals surface area contributed by atoms with Gasteiger partial charge in [-0.1, -0.05) is 13.3 Å². The molecule has 5 heteroatoms. The van der Waals surface area contributed by atoms with Crippen LogP contribution in [-0.4, -0.2) is 32.1 Å². The molecule has 0 aliphatic carbocycles. The summed E-state index contributed by atoms with van der Waals surface area (Å²) in [5.74, 6) is 0.204. The molecule has 0 spiro atoms. The third-order valence-electron chi connectivity index (χ3n) is 2.81. The number of hydrogen-bond donors (Lipinski definition) is 2. The average Bonchev–Trinajstić information content (AvgIpc) is 2.34. The van der Waals surface area contributed by atoms with E-state index in [-0.39, 0.29) is 18.3 Å². The monoisotopic (exact) mass is 244 g/mol. The van der Waals surface area contributed by atoms with Gasteiger partial charge in [-0.05, 0) is 25.3 Å². The summed E-state index contributed by atoms with van der Waals surface area (Å²) in [6.45, 7) is 3.12. The van der Waals surface area contributed by atoms with Gasteiger partial charge >= 0.3 is 5.97 Å². The van der Waals surface area contributed by atoms with Crippen LogP contribution in [0.15, 0.2) is 0 Å². The van der Waals surface area contributed by atoms with Crippen LogP contribution in [0.5, 0.6) is 0 Å². The molecule has 1 amide bonds. The molecule has 17 heavy (non-hydrogen) atoms. The molecule has 0 saturated carbocycles. The Kier molecular flexibility index (Phi) is 9.43. The van der Waals surface area contributed by atoms with E-state index in [0.29, 0.717) is 25.4 Å². The molecule has 0 saturated heterocycles. The first kappa shape index (κ1) is 15.9. The standard InChI is InChI=1S/C12H24N2O3/c1-3-10(6-8-13)4-5-11(15)14-9-7-12(16)17-2/h10H,3-9,13H2,1-2H3,(H,14,15). The Labute approximate surface area is 103 Å². The molecule has 0 aromatic heterocycles. The smallest absolute Gasteiger partial charge is 0.307 e. The number of hydrogen-bond acceptors (Lipinski definition) is 4. The van der Waals surface area contributed by atoms with Crippen molar-refractivity contribution >= 4 is 11.9 Å². The molecule has 3 N–H and O–H groups in total. The third-order valence-corrected chi connectivity index (χ3v) is 2.81. The molecule has 0 fully saturated rings. The van der Waals surface area contributed by atoms with Crippen molar-refractivity contribution in [3.63, 3.8) is 0 Å². The van der Waals surface area contributed by atoms with Crippen LogP contribution < -0.4 is 11.1 Å². The van der Waals surface area contributed by atoms with E-state index in [4.69, 9.17) is 5.73 Å². The molecule has 0 heterocycles. The maximum absolute atomic E-state index is 11.4. The highest BCUT2D eigenvalue weighted by atomic mass is 16.5.